The first-order valence-corrected chi connectivity index (χ1v) is 22.4. The quantitative estimate of drug-likeness (QED) is 0.201. The van der Waals surface area contributed by atoms with Gasteiger partial charge in [0.05, 0.1) is 12.2 Å². The summed E-state index contributed by atoms with van der Waals surface area (Å²) in [5.41, 5.74) is -13.1. The predicted octanol–water partition coefficient (Wildman–Crippen LogP) is 1.33. The Kier molecular flexibility index (Phi) is 11.2. The van der Waals surface area contributed by atoms with Gasteiger partial charge < -0.3 is 34.4 Å². The summed E-state index contributed by atoms with van der Waals surface area (Å²) in [5.74, 6) is -6.97. The van der Waals surface area contributed by atoms with Crippen molar-refractivity contribution in [1.82, 2.24) is 0 Å². The zero-order chi connectivity index (χ0) is 43.3. The Balaban J connectivity index is 0.00000544. The van der Waals surface area contributed by atoms with Crippen molar-refractivity contribution < 1.29 is 96.4 Å². The fraction of sp³-hybridized carbons (Fsp3) is 0.727. The van der Waals surface area contributed by atoms with Gasteiger partial charge in [-0.25, -0.2) is 8.78 Å². The minimum Gasteiger partial charge on any atom is -0.756 e. The van der Waals surface area contributed by atoms with E-state index in [0.29, 0.717) is 24.0 Å². The second kappa shape index (κ2) is 14.5. The number of aliphatic hydroxyl groups is 4. The van der Waals surface area contributed by atoms with E-state index >= 15 is 8.78 Å². The van der Waals surface area contributed by atoms with Crippen LogP contribution in [0.4, 0.5) is 8.78 Å². The van der Waals surface area contributed by atoms with Gasteiger partial charge >= 0.3 is 29.6 Å². The summed E-state index contributed by atoms with van der Waals surface area (Å²) < 4.78 is 58.3. The second-order valence-corrected chi connectivity index (χ2v) is 21.6. The number of carbonyl (C=O) groups is 4. The predicted molar refractivity (Wildman–Crippen MR) is 205 cm³/mol. The van der Waals surface area contributed by atoms with E-state index in [4.69, 9.17) is 9.05 Å². The summed E-state index contributed by atoms with van der Waals surface area (Å²) in [6, 6.07) is 0. The summed E-state index contributed by atoms with van der Waals surface area (Å²) >= 11 is 0. The fourth-order valence-corrected chi connectivity index (χ4v) is 15.4. The normalized spacial score (nSPS) is 50.2. The molecule has 324 valence electrons. The van der Waals surface area contributed by atoms with Crippen LogP contribution in [0.25, 0.3) is 0 Å². The maximum atomic E-state index is 17.5. The molecule has 16 atom stereocenters. The molecular formula is C44H56F2NaO12P. The minimum atomic E-state index is -5.47. The molecule has 60 heavy (non-hydrogen) atoms. The number of phosphoric acid groups is 1. The Morgan fingerprint density at radius 2 is 1.08 bits per heavy atom. The molecule has 0 aromatic carbocycles. The molecule has 0 radical (unpaired) electrons. The van der Waals surface area contributed by atoms with Gasteiger partial charge in [0, 0.05) is 33.5 Å². The number of ketones is 4. The number of halogens is 2. The molecule has 0 aromatic rings. The van der Waals surface area contributed by atoms with Gasteiger partial charge in [0.1, 0.15) is 24.4 Å². The molecule has 4 N–H and O–H groups in total. The summed E-state index contributed by atoms with van der Waals surface area (Å²) in [6.07, 6.45) is 6.15. The van der Waals surface area contributed by atoms with Crippen molar-refractivity contribution in [2.45, 2.75) is 128 Å². The number of phosphoric ester groups is 1. The number of Topliss-reactive ketones (excluding diaryl/α,β-unsaturated/α-hetero) is 2. The number of alkyl halides is 2. The molecular weight excluding hydrogens is 812 g/mol. The Hall–Kier alpha value is -1.55. The van der Waals surface area contributed by atoms with Gasteiger partial charge in [-0.2, -0.15) is 0 Å². The van der Waals surface area contributed by atoms with Crippen LogP contribution in [-0.2, 0) is 32.8 Å². The third-order valence-electron chi connectivity index (χ3n) is 18.0. The number of carbonyl (C=O) groups excluding carboxylic acids is 4. The van der Waals surface area contributed by atoms with E-state index in [1.807, 2.05) is 0 Å². The topological polar surface area (TPSA) is 208 Å². The zero-order valence-corrected chi connectivity index (χ0v) is 38.3. The van der Waals surface area contributed by atoms with Crippen molar-refractivity contribution in [2.75, 3.05) is 13.2 Å². The molecule has 8 aliphatic rings. The second-order valence-electron chi connectivity index (χ2n) is 20.2. The van der Waals surface area contributed by atoms with Crippen LogP contribution in [0.1, 0.15) is 92.9 Å². The molecule has 8 rings (SSSR count). The van der Waals surface area contributed by atoms with E-state index < -0.39 is 125 Å². The largest absolute Gasteiger partial charge is 1.00 e. The van der Waals surface area contributed by atoms with Crippen LogP contribution < -0.4 is 34.5 Å². The van der Waals surface area contributed by atoms with Gasteiger partial charge in [0.2, 0.25) is 0 Å². The minimum absolute atomic E-state index is 0. The molecule has 12 nitrogen and oxygen atoms in total. The van der Waals surface area contributed by atoms with E-state index in [9.17, 15) is 49.1 Å². The molecule has 0 saturated heterocycles. The van der Waals surface area contributed by atoms with Crippen molar-refractivity contribution in [3.8, 4) is 0 Å². The van der Waals surface area contributed by atoms with Crippen LogP contribution in [0.5, 0.6) is 0 Å². The first-order chi connectivity index (χ1) is 27.2. The number of hydrogen-bond donors (Lipinski definition) is 4. The number of fused-ring (bicyclic) bond motifs is 10. The van der Waals surface area contributed by atoms with Crippen molar-refractivity contribution >= 4 is 31.0 Å². The standard InChI is InChI=1S/C44H57F2O12P.Na/c1-23-15-31-29-9-7-25-17-27(47)11-13-37(25,3)41(29,45)33(49)19-39(31,5)43(23,53)35(51)21-57-59(55,56)58-22-36(52)44(54)24(2)16-32-30-10-8-26-18-28(48)12-14-38(26,4)42(30,46)34(50)20-40(32,44)6;/h11-14,17-18,23-24,29-34,49-50,53-54H,7-10,15-16,19-22H2,1-6H3,(H,55,56);/q;+1/p-1/t23-,24-,29+,30+,31+,32+,33+,34+,37+,38+,39+,40+,41+,42+,43+,44+;/m1./s1. The summed E-state index contributed by atoms with van der Waals surface area (Å²) in [7, 11) is -5.47. The monoisotopic (exact) mass is 868 g/mol. The van der Waals surface area contributed by atoms with Crippen LogP contribution in [-0.4, -0.2) is 91.5 Å². The van der Waals surface area contributed by atoms with Crippen molar-refractivity contribution in [2.24, 2.45) is 57.2 Å². The van der Waals surface area contributed by atoms with Crippen molar-refractivity contribution in [1.29, 1.82) is 0 Å². The van der Waals surface area contributed by atoms with Crippen LogP contribution in [0.3, 0.4) is 0 Å². The van der Waals surface area contributed by atoms with Gasteiger partial charge in [-0.3, -0.25) is 23.7 Å². The van der Waals surface area contributed by atoms with E-state index in [2.05, 4.69) is 0 Å². The Morgan fingerprint density at radius 3 is 1.43 bits per heavy atom. The first-order valence-electron chi connectivity index (χ1n) is 21.0. The molecule has 0 aliphatic heterocycles. The van der Waals surface area contributed by atoms with E-state index in [0.717, 1.165) is 0 Å². The van der Waals surface area contributed by atoms with Crippen LogP contribution in [0.2, 0.25) is 0 Å². The van der Waals surface area contributed by atoms with E-state index in [1.165, 1.54) is 36.5 Å². The van der Waals surface area contributed by atoms with Crippen LogP contribution in [0, 0.1) is 57.2 Å². The van der Waals surface area contributed by atoms with Gasteiger partial charge in [-0.05, 0) is 113 Å². The summed E-state index contributed by atoms with van der Waals surface area (Å²) in [4.78, 5) is 65.5. The smallest absolute Gasteiger partial charge is 0.756 e. The van der Waals surface area contributed by atoms with Crippen molar-refractivity contribution in [3.05, 3.63) is 47.6 Å². The number of hydrogen-bond acceptors (Lipinski definition) is 12. The zero-order valence-electron chi connectivity index (χ0n) is 35.4. The molecule has 6 fully saturated rings. The molecule has 0 spiro atoms. The van der Waals surface area contributed by atoms with Crippen LogP contribution >= 0.6 is 7.82 Å². The Bertz CT molecular complexity index is 1950. The first kappa shape index (κ1) is 46.4. The average Bonchev–Trinajstić information content (AvgIpc) is 3.49. The molecule has 0 aromatic heterocycles. The molecule has 0 heterocycles. The molecule has 0 bridgehead atoms. The van der Waals surface area contributed by atoms with Gasteiger partial charge in [0.25, 0.3) is 7.82 Å². The van der Waals surface area contributed by atoms with Gasteiger partial charge in [-0.15, -0.1) is 0 Å². The van der Waals surface area contributed by atoms with Crippen LogP contribution in [0.15, 0.2) is 47.6 Å². The molecule has 0 unspecified atom stereocenters. The van der Waals surface area contributed by atoms with E-state index in [1.54, 1.807) is 41.5 Å². The third kappa shape index (κ3) is 5.70. The molecule has 6 saturated carbocycles. The fourth-order valence-electron chi connectivity index (χ4n) is 14.8. The average molecular weight is 869 g/mol. The maximum Gasteiger partial charge on any atom is 1.00 e. The summed E-state index contributed by atoms with van der Waals surface area (Å²) in [6.45, 7) is 7.36. The molecule has 0 amide bonds. The number of allylic oxidation sites excluding steroid dienone is 8. The number of rotatable bonds is 8. The Morgan fingerprint density at radius 1 is 0.733 bits per heavy atom. The van der Waals surface area contributed by atoms with E-state index in [-0.39, 0.29) is 79.6 Å². The third-order valence-corrected chi connectivity index (χ3v) is 18.9. The van der Waals surface area contributed by atoms with Gasteiger partial charge in [-0.1, -0.05) is 51.0 Å². The summed E-state index contributed by atoms with van der Waals surface area (Å²) in [5, 5.41) is 47.7. The maximum absolute atomic E-state index is 17.5. The molecule has 16 heteroatoms. The number of aliphatic hydroxyl groups excluding tert-OH is 2. The SMILES string of the molecule is C[C@@H]1C[C@H]2[C@@H]3CCC4=CC(=O)C=C[C@]4(C)[C@@]3(F)[C@@H](O)C[C@]2(C)[C@@]1(O)C(=O)COP(=O)([O-])OCC(=O)[C@@]1(O)[C@H](C)C[C@H]2[C@@H]3CCC4=CC(=O)C=C[C@]4(C)[C@@]3(F)[C@@H](O)C[C@@]21C.[Na+]. The Labute approximate surface area is 371 Å². The van der Waals surface area contributed by atoms with Gasteiger partial charge in [0.15, 0.2) is 34.5 Å². The van der Waals surface area contributed by atoms with Crippen molar-refractivity contribution in [3.63, 3.8) is 0 Å². The molecule has 8 aliphatic carbocycles.